The van der Waals surface area contributed by atoms with Crippen molar-refractivity contribution in [1.82, 2.24) is 0 Å². The van der Waals surface area contributed by atoms with Gasteiger partial charge in [0.25, 0.3) is 0 Å². The molecule has 152 valence electrons. The van der Waals surface area contributed by atoms with Gasteiger partial charge in [-0.2, -0.15) is 0 Å². The molecule has 29 heavy (non-hydrogen) atoms. The third-order valence-electron chi connectivity index (χ3n) is 8.21. The van der Waals surface area contributed by atoms with Gasteiger partial charge in [-0.25, -0.2) is 0 Å². The average Bonchev–Trinajstić information content (AvgIpc) is 3.03. The van der Waals surface area contributed by atoms with Gasteiger partial charge in [0.15, 0.2) is 0 Å². The van der Waals surface area contributed by atoms with Crippen LogP contribution in [-0.2, 0) is 6.42 Å². The average molecular weight is 390 g/mol. The third-order valence-corrected chi connectivity index (χ3v) is 8.21. The van der Waals surface area contributed by atoms with Gasteiger partial charge in [0, 0.05) is 11.3 Å². The number of nitrogens with two attached hydrogens (primary N) is 1. The van der Waals surface area contributed by atoms with Gasteiger partial charge in [0.05, 0.1) is 12.4 Å². The monoisotopic (exact) mass is 389 g/mol. The van der Waals surface area contributed by atoms with E-state index in [1.54, 1.807) is 0 Å². The summed E-state index contributed by atoms with van der Waals surface area (Å²) in [6, 6.07) is 12.6. The highest BCUT2D eigenvalue weighted by Gasteiger charge is 2.54. The van der Waals surface area contributed by atoms with Gasteiger partial charge in [0.1, 0.15) is 5.75 Å². The van der Waals surface area contributed by atoms with Crippen molar-refractivity contribution in [2.75, 3.05) is 5.73 Å². The molecular weight excluding hydrogens is 358 g/mol. The summed E-state index contributed by atoms with van der Waals surface area (Å²) in [5, 5.41) is 10.6. The lowest BCUT2D eigenvalue weighted by Crippen LogP contribution is -2.43. The summed E-state index contributed by atoms with van der Waals surface area (Å²) in [5.74, 6) is 2.80. The van der Waals surface area contributed by atoms with Gasteiger partial charge < -0.3 is 15.6 Å². The minimum Gasteiger partial charge on any atom is -0.465 e. The number of nitrogen functional groups attached to an aromatic ring is 1. The zero-order chi connectivity index (χ0) is 20.2. The Morgan fingerprint density at radius 1 is 1.14 bits per heavy atom. The molecule has 0 amide bonds. The first-order chi connectivity index (χ1) is 14.0. The van der Waals surface area contributed by atoms with Gasteiger partial charge in [-0.3, -0.25) is 0 Å². The molecular formula is C26H31NO2. The fraction of sp³-hybridized carbons (Fsp3) is 0.462. The number of ether oxygens (including phenoxy) is 1. The molecule has 3 aliphatic carbocycles. The number of aryl methyl sites for hydroxylation is 1. The van der Waals surface area contributed by atoms with Crippen LogP contribution in [0.4, 0.5) is 5.69 Å². The van der Waals surface area contributed by atoms with Crippen molar-refractivity contribution >= 4 is 5.69 Å². The van der Waals surface area contributed by atoms with Crippen LogP contribution in [0.5, 0.6) is 5.75 Å². The Hall–Kier alpha value is -2.26. The topological polar surface area (TPSA) is 55.5 Å². The number of anilines is 1. The van der Waals surface area contributed by atoms with Crippen LogP contribution < -0.4 is 10.5 Å². The van der Waals surface area contributed by atoms with Crippen molar-refractivity contribution in [1.29, 1.82) is 0 Å². The minimum absolute atomic E-state index is 0.115. The molecule has 5 atom stereocenters. The molecule has 2 aromatic carbocycles. The lowest BCUT2D eigenvalue weighted by molar-refractivity contribution is -0.0226. The molecule has 3 nitrogen and oxygen atoms in total. The van der Waals surface area contributed by atoms with Crippen LogP contribution in [0.1, 0.15) is 56.1 Å². The second kappa shape index (κ2) is 6.91. The highest BCUT2D eigenvalue weighted by molar-refractivity contribution is 5.74. The molecule has 3 aliphatic rings. The van der Waals surface area contributed by atoms with Crippen LogP contribution in [0.3, 0.4) is 0 Å². The van der Waals surface area contributed by atoms with E-state index >= 15 is 0 Å². The molecule has 2 fully saturated rings. The number of aliphatic hydroxyl groups excluding tert-OH is 1. The highest BCUT2D eigenvalue weighted by atomic mass is 16.5. The van der Waals surface area contributed by atoms with Gasteiger partial charge in [-0.15, -0.1) is 0 Å². The highest BCUT2D eigenvalue weighted by Crippen LogP contribution is 2.61. The van der Waals surface area contributed by atoms with Crippen LogP contribution in [0.2, 0.25) is 0 Å². The van der Waals surface area contributed by atoms with E-state index < -0.39 is 0 Å². The van der Waals surface area contributed by atoms with Crippen molar-refractivity contribution in [3.63, 3.8) is 0 Å². The molecule has 2 aromatic rings. The Morgan fingerprint density at radius 3 is 2.69 bits per heavy atom. The summed E-state index contributed by atoms with van der Waals surface area (Å²) in [6.45, 7) is 6.10. The van der Waals surface area contributed by atoms with E-state index in [1.165, 1.54) is 36.7 Å². The minimum atomic E-state index is -0.122. The Bertz CT molecular complexity index is 934. The van der Waals surface area contributed by atoms with E-state index in [9.17, 15) is 5.11 Å². The smallest absolute Gasteiger partial charge is 0.134 e. The molecule has 3 N–H and O–H groups in total. The van der Waals surface area contributed by atoms with Crippen LogP contribution >= 0.6 is 0 Å². The summed E-state index contributed by atoms with van der Waals surface area (Å²) < 4.78 is 5.82. The lowest BCUT2D eigenvalue weighted by Gasteiger charge is -2.50. The van der Waals surface area contributed by atoms with Crippen LogP contribution in [0, 0.1) is 17.3 Å². The fourth-order valence-corrected chi connectivity index (χ4v) is 6.65. The van der Waals surface area contributed by atoms with Crippen LogP contribution in [0.25, 0.3) is 11.1 Å². The predicted octanol–water partition coefficient (Wildman–Crippen LogP) is 5.68. The molecule has 0 radical (unpaired) electrons. The van der Waals surface area contributed by atoms with Gasteiger partial charge in [0.2, 0.25) is 0 Å². The van der Waals surface area contributed by atoms with Crippen molar-refractivity contribution in [3.05, 3.63) is 60.4 Å². The van der Waals surface area contributed by atoms with E-state index in [4.69, 9.17) is 10.5 Å². The van der Waals surface area contributed by atoms with Crippen LogP contribution in [0.15, 0.2) is 49.2 Å². The summed E-state index contributed by atoms with van der Waals surface area (Å²) in [4.78, 5) is 0. The Morgan fingerprint density at radius 2 is 1.93 bits per heavy atom. The summed E-state index contributed by atoms with van der Waals surface area (Å²) >= 11 is 0. The normalized spacial score (nSPS) is 32.8. The first kappa shape index (κ1) is 18.7. The Kier molecular flexibility index (Phi) is 4.47. The molecule has 5 rings (SSSR count). The third kappa shape index (κ3) is 2.90. The first-order valence-electron chi connectivity index (χ1n) is 11.0. The first-order valence-corrected chi connectivity index (χ1v) is 11.0. The molecule has 0 unspecified atom stereocenters. The van der Waals surface area contributed by atoms with Crippen molar-refractivity contribution in [2.24, 2.45) is 17.3 Å². The molecule has 0 aromatic heterocycles. The maximum Gasteiger partial charge on any atom is 0.134 e. The quantitative estimate of drug-likeness (QED) is 0.525. The Labute approximate surface area is 173 Å². The van der Waals surface area contributed by atoms with E-state index in [0.717, 1.165) is 41.8 Å². The molecule has 0 spiro atoms. The zero-order valence-corrected chi connectivity index (χ0v) is 17.2. The van der Waals surface area contributed by atoms with E-state index in [-0.39, 0.29) is 11.5 Å². The molecule has 0 aliphatic heterocycles. The van der Waals surface area contributed by atoms with Crippen molar-refractivity contribution in [3.8, 4) is 16.9 Å². The molecule has 0 bridgehead atoms. The summed E-state index contributed by atoms with van der Waals surface area (Å²) in [6.07, 6.45) is 8.15. The largest absolute Gasteiger partial charge is 0.465 e. The number of benzene rings is 2. The zero-order valence-electron chi connectivity index (χ0n) is 17.2. The predicted molar refractivity (Wildman–Crippen MR) is 118 cm³/mol. The molecule has 3 heteroatoms. The number of aliphatic hydroxyl groups is 1. The van der Waals surface area contributed by atoms with Crippen molar-refractivity contribution < 1.29 is 9.84 Å². The Balaban J connectivity index is 1.57. The van der Waals surface area contributed by atoms with Gasteiger partial charge >= 0.3 is 0 Å². The van der Waals surface area contributed by atoms with Crippen LogP contribution in [-0.4, -0.2) is 11.2 Å². The number of hydrogen-bond donors (Lipinski definition) is 2. The van der Waals surface area contributed by atoms with Gasteiger partial charge in [-0.1, -0.05) is 25.6 Å². The summed E-state index contributed by atoms with van der Waals surface area (Å²) in [7, 11) is 0. The van der Waals surface area contributed by atoms with Crippen molar-refractivity contribution in [2.45, 2.75) is 57.5 Å². The standard InChI is InChI=1S/C26H31NO2/c1-3-29-24-14-17-6-9-20-19(12-13-26(2)23(20)10-11-25(26)28)21(17)15-22(24)16-4-7-18(27)8-5-16/h3-5,7-8,14-15,19-20,23,25,28H,1,6,9-13,27H2,2H3/t19-,20+,23-,25-,26-/m0/s1. The summed E-state index contributed by atoms with van der Waals surface area (Å²) in [5.41, 5.74) is 11.9. The molecule has 0 heterocycles. The number of hydrogen-bond acceptors (Lipinski definition) is 3. The molecule has 0 saturated heterocycles. The second-order valence-corrected chi connectivity index (χ2v) is 9.51. The second-order valence-electron chi connectivity index (χ2n) is 9.51. The van der Waals surface area contributed by atoms with E-state index in [2.05, 4.69) is 37.8 Å². The SMILES string of the molecule is C=COc1cc2c(cc1-c1ccc(N)cc1)[C@H]1CC[C@]3(C)[C@@H](O)CC[C@H]3[C@@H]1CC2. The maximum absolute atomic E-state index is 10.6. The van der Waals surface area contributed by atoms with E-state index in [1.807, 2.05) is 12.1 Å². The number of fused-ring (bicyclic) bond motifs is 5. The molecule has 2 saturated carbocycles. The lowest BCUT2D eigenvalue weighted by atomic mass is 9.55. The van der Waals surface area contributed by atoms with E-state index in [0.29, 0.717) is 17.8 Å². The van der Waals surface area contributed by atoms with Gasteiger partial charge in [-0.05, 0) is 103 Å². The maximum atomic E-state index is 10.6. The number of rotatable bonds is 3. The fourth-order valence-electron chi connectivity index (χ4n) is 6.65.